The third-order valence-corrected chi connectivity index (χ3v) is 2.73. The van der Waals surface area contributed by atoms with Crippen LogP contribution in [0.4, 0.5) is 5.95 Å². The van der Waals surface area contributed by atoms with Crippen molar-refractivity contribution in [3.63, 3.8) is 0 Å². The molecule has 2 aromatic rings. The van der Waals surface area contributed by atoms with Crippen molar-refractivity contribution in [2.45, 2.75) is 26.9 Å². The van der Waals surface area contributed by atoms with Crippen LogP contribution in [0, 0.1) is 12.8 Å². The molecule has 0 fully saturated rings. The van der Waals surface area contributed by atoms with E-state index in [-0.39, 0.29) is 12.0 Å². The van der Waals surface area contributed by atoms with E-state index in [1.54, 1.807) is 4.52 Å². The van der Waals surface area contributed by atoms with Crippen LogP contribution in [-0.2, 0) is 0 Å². The fourth-order valence-corrected chi connectivity index (χ4v) is 1.49. The molecule has 0 saturated heterocycles. The maximum Gasteiger partial charge on any atom is 0.243 e. The smallest absolute Gasteiger partial charge is 0.243 e. The Kier molecular flexibility index (Phi) is 3.28. The predicted octanol–water partition coefficient (Wildman–Crippen LogP) is 1.47. The number of hydrogen-bond donors (Lipinski definition) is 2. The van der Waals surface area contributed by atoms with Gasteiger partial charge in [-0.05, 0) is 30.5 Å². The van der Waals surface area contributed by atoms with E-state index in [0.29, 0.717) is 12.5 Å². The lowest BCUT2D eigenvalue weighted by atomic mass is 10.1. The van der Waals surface area contributed by atoms with E-state index in [4.69, 9.17) is 0 Å². The summed E-state index contributed by atoms with van der Waals surface area (Å²) in [5, 5.41) is 17.0. The summed E-state index contributed by atoms with van der Waals surface area (Å²) in [7, 11) is 0. The summed E-state index contributed by atoms with van der Waals surface area (Å²) in [6, 6.07) is 3.95. The largest absolute Gasteiger partial charge is 0.391 e. The van der Waals surface area contributed by atoms with Crippen molar-refractivity contribution in [3.05, 3.63) is 23.9 Å². The number of rotatable bonds is 4. The van der Waals surface area contributed by atoms with Crippen molar-refractivity contribution in [2.24, 2.45) is 5.92 Å². The highest BCUT2D eigenvalue weighted by Crippen LogP contribution is 2.08. The molecule has 0 bridgehead atoms. The molecule has 0 aliphatic rings. The van der Waals surface area contributed by atoms with Crippen molar-refractivity contribution in [3.8, 4) is 0 Å². The average molecular weight is 234 g/mol. The molecule has 2 heterocycles. The quantitative estimate of drug-likeness (QED) is 0.841. The van der Waals surface area contributed by atoms with Gasteiger partial charge in [-0.1, -0.05) is 13.8 Å². The summed E-state index contributed by atoms with van der Waals surface area (Å²) in [5.74, 6) is 0.775. The van der Waals surface area contributed by atoms with Gasteiger partial charge in [0.1, 0.15) is 0 Å². The zero-order valence-electron chi connectivity index (χ0n) is 10.4. The zero-order chi connectivity index (χ0) is 12.4. The van der Waals surface area contributed by atoms with Gasteiger partial charge >= 0.3 is 0 Å². The summed E-state index contributed by atoms with van der Waals surface area (Å²) in [5.41, 5.74) is 1.96. The van der Waals surface area contributed by atoms with E-state index in [0.717, 1.165) is 11.2 Å². The van der Waals surface area contributed by atoms with E-state index in [1.165, 1.54) is 0 Å². The molecule has 2 rings (SSSR count). The van der Waals surface area contributed by atoms with Crippen LogP contribution >= 0.6 is 0 Å². The molecule has 0 aromatic carbocycles. The highest BCUT2D eigenvalue weighted by Gasteiger charge is 2.10. The molecule has 5 nitrogen and oxygen atoms in total. The first-order chi connectivity index (χ1) is 8.06. The number of aliphatic hydroxyl groups is 1. The molecule has 1 atom stereocenters. The lowest BCUT2D eigenvalue weighted by molar-refractivity contribution is 0.137. The molecule has 0 spiro atoms. The normalized spacial score (nSPS) is 13.2. The number of aliphatic hydroxyl groups excluding tert-OH is 1. The molecule has 5 heteroatoms. The van der Waals surface area contributed by atoms with Gasteiger partial charge < -0.3 is 10.4 Å². The van der Waals surface area contributed by atoms with Crippen LogP contribution in [0.3, 0.4) is 0 Å². The minimum Gasteiger partial charge on any atom is -0.391 e. The number of pyridine rings is 1. The SMILES string of the molecule is Cc1ccn2nc(NCC(O)C(C)C)nc2c1. The van der Waals surface area contributed by atoms with Gasteiger partial charge in [0.05, 0.1) is 6.10 Å². The molecular formula is C12H18N4O. The number of anilines is 1. The van der Waals surface area contributed by atoms with Gasteiger partial charge in [0.2, 0.25) is 5.95 Å². The van der Waals surface area contributed by atoms with Gasteiger partial charge in [-0.15, -0.1) is 5.10 Å². The highest BCUT2D eigenvalue weighted by atomic mass is 16.3. The fourth-order valence-electron chi connectivity index (χ4n) is 1.49. The van der Waals surface area contributed by atoms with Crippen LogP contribution in [0.5, 0.6) is 0 Å². The molecule has 17 heavy (non-hydrogen) atoms. The Morgan fingerprint density at radius 1 is 1.47 bits per heavy atom. The maximum absolute atomic E-state index is 9.68. The first-order valence-electron chi connectivity index (χ1n) is 5.81. The summed E-state index contributed by atoms with van der Waals surface area (Å²) in [6.07, 6.45) is 1.49. The molecular weight excluding hydrogens is 216 g/mol. The second kappa shape index (κ2) is 4.71. The van der Waals surface area contributed by atoms with Crippen LogP contribution < -0.4 is 5.32 Å². The molecule has 92 valence electrons. The molecule has 2 aromatic heterocycles. The van der Waals surface area contributed by atoms with Crippen LogP contribution in [0.25, 0.3) is 5.65 Å². The lowest BCUT2D eigenvalue weighted by Gasteiger charge is -2.13. The van der Waals surface area contributed by atoms with E-state index in [2.05, 4.69) is 15.4 Å². The van der Waals surface area contributed by atoms with E-state index in [1.807, 2.05) is 39.1 Å². The predicted molar refractivity (Wildman–Crippen MR) is 67.1 cm³/mol. The molecule has 1 unspecified atom stereocenters. The van der Waals surface area contributed by atoms with Crippen LogP contribution in [-0.4, -0.2) is 32.4 Å². The van der Waals surface area contributed by atoms with E-state index in [9.17, 15) is 5.11 Å². The first-order valence-corrected chi connectivity index (χ1v) is 5.81. The number of hydrogen-bond acceptors (Lipinski definition) is 4. The zero-order valence-corrected chi connectivity index (χ0v) is 10.4. The number of aromatic nitrogens is 3. The number of nitrogens with zero attached hydrogens (tertiary/aromatic N) is 3. The molecule has 0 amide bonds. The minimum absolute atomic E-state index is 0.224. The highest BCUT2D eigenvalue weighted by molar-refractivity contribution is 5.45. The topological polar surface area (TPSA) is 62.5 Å². The molecule has 0 saturated carbocycles. The van der Waals surface area contributed by atoms with Gasteiger partial charge in [-0.2, -0.15) is 4.98 Å². The molecule has 0 aliphatic heterocycles. The number of nitrogens with one attached hydrogen (secondary N) is 1. The van der Waals surface area contributed by atoms with Crippen molar-refractivity contribution < 1.29 is 5.11 Å². The molecule has 0 radical (unpaired) electrons. The van der Waals surface area contributed by atoms with Gasteiger partial charge in [-0.25, -0.2) is 4.52 Å². The fraction of sp³-hybridized carbons (Fsp3) is 0.500. The summed E-state index contributed by atoms with van der Waals surface area (Å²) < 4.78 is 1.72. The summed E-state index contributed by atoms with van der Waals surface area (Å²) in [6.45, 7) is 6.44. The van der Waals surface area contributed by atoms with Crippen molar-refractivity contribution >= 4 is 11.6 Å². The number of aryl methyl sites for hydroxylation is 1. The third kappa shape index (κ3) is 2.74. The molecule has 0 aliphatic carbocycles. The third-order valence-electron chi connectivity index (χ3n) is 2.73. The van der Waals surface area contributed by atoms with E-state index < -0.39 is 0 Å². The van der Waals surface area contributed by atoms with Crippen molar-refractivity contribution in [1.82, 2.24) is 14.6 Å². The average Bonchev–Trinajstić information content (AvgIpc) is 2.67. The van der Waals surface area contributed by atoms with Gasteiger partial charge in [0.15, 0.2) is 5.65 Å². The van der Waals surface area contributed by atoms with Crippen molar-refractivity contribution in [1.29, 1.82) is 0 Å². The summed E-state index contributed by atoms with van der Waals surface area (Å²) >= 11 is 0. The van der Waals surface area contributed by atoms with Crippen LogP contribution in [0.15, 0.2) is 18.3 Å². The Labute approximate surface area is 100 Å². The van der Waals surface area contributed by atoms with Gasteiger partial charge in [0.25, 0.3) is 0 Å². The Morgan fingerprint density at radius 3 is 2.94 bits per heavy atom. The van der Waals surface area contributed by atoms with Crippen LogP contribution in [0.2, 0.25) is 0 Å². The Morgan fingerprint density at radius 2 is 2.24 bits per heavy atom. The van der Waals surface area contributed by atoms with E-state index >= 15 is 0 Å². The van der Waals surface area contributed by atoms with Crippen LogP contribution in [0.1, 0.15) is 19.4 Å². The minimum atomic E-state index is -0.386. The summed E-state index contributed by atoms with van der Waals surface area (Å²) in [4.78, 5) is 4.33. The Hall–Kier alpha value is -1.62. The second-order valence-corrected chi connectivity index (χ2v) is 4.63. The first kappa shape index (κ1) is 11.9. The maximum atomic E-state index is 9.68. The molecule has 2 N–H and O–H groups in total. The van der Waals surface area contributed by atoms with Gasteiger partial charge in [0, 0.05) is 12.7 Å². The second-order valence-electron chi connectivity index (χ2n) is 4.63. The van der Waals surface area contributed by atoms with Crippen molar-refractivity contribution in [2.75, 3.05) is 11.9 Å². The monoisotopic (exact) mass is 234 g/mol. The Balaban J connectivity index is 2.09. The van der Waals surface area contributed by atoms with Gasteiger partial charge in [-0.3, -0.25) is 0 Å². The Bertz CT molecular complexity index is 506. The number of fused-ring (bicyclic) bond motifs is 1. The standard InChI is InChI=1S/C12H18N4O/c1-8(2)10(17)7-13-12-14-11-6-9(3)4-5-16(11)15-12/h4-6,8,10,17H,7H2,1-3H3,(H,13,15). The lowest BCUT2D eigenvalue weighted by Crippen LogP contribution is -2.25.